The van der Waals surface area contributed by atoms with Crippen molar-refractivity contribution < 1.29 is 9.90 Å². The summed E-state index contributed by atoms with van der Waals surface area (Å²) < 4.78 is 0. The van der Waals surface area contributed by atoms with Gasteiger partial charge in [-0.1, -0.05) is 31.5 Å². The number of nitrogens with zero attached hydrogens (tertiary/aromatic N) is 2. The molecule has 7 heteroatoms. The molecule has 0 amide bonds. The van der Waals surface area contributed by atoms with E-state index in [1.807, 2.05) is 17.5 Å². The minimum atomic E-state index is -1.05. The molecule has 0 aliphatic carbocycles. The highest BCUT2D eigenvalue weighted by molar-refractivity contribution is 7.13. The zero-order chi connectivity index (χ0) is 18.7. The van der Waals surface area contributed by atoms with Gasteiger partial charge in [-0.25, -0.2) is 14.8 Å². The fourth-order valence-electron chi connectivity index (χ4n) is 2.72. The summed E-state index contributed by atoms with van der Waals surface area (Å²) in [5.41, 5.74) is 2.81. The third kappa shape index (κ3) is 3.71. The minimum absolute atomic E-state index is 0.0733. The topological polar surface area (TPSA) is 75.1 Å². The third-order valence-corrected chi connectivity index (χ3v) is 5.16. The Labute approximate surface area is 160 Å². The number of aryl methyl sites for hydroxylation is 1. The highest BCUT2D eigenvalue weighted by Crippen LogP contribution is 2.29. The van der Waals surface area contributed by atoms with E-state index in [0.29, 0.717) is 11.5 Å². The van der Waals surface area contributed by atoms with E-state index >= 15 is 0 Å². The molecule has 0 aliphatic rings. The maximum atomic E-state index is 11.1. The molecule has 0 radical (unpaired) electrons. The van der Waals surface area contributed by atoms with Crippen LogP contribution in [0.2, 0.25) is 5.02 Å². The number of thiophene rings is 1. The summed E-state index contributed by atoms with van der Waals surface area (Å²) in [6.45, 7) is 4.14. The van der Waals surface area contributed by atoms with Gasteiger partial charge < -0.3 is 10.4 Å². The standard InChI is InChI=1S/C19H18ClN3O2S/c1-3-12-15(4-2)22-18(16-6-5-9-26-16)23-17(12)21-11-7-8-13(19(24)25)14(20)10-11/h5-10H,3-4H2,1-2H3,(H,24,25)(H,21,22,23). The third-order valence-electron chi connectivity index (χ3n) is 3.98. The molecule has 2 N–H and O–H groups in total. The molecular weight excluding hydrogens is 370 g/mol. The number of benzene rings is 1. The Hall–Kier alpha value is -2.44. The molecule has 3 aromatic rings. The van der Waals surface area contributed by atoms with Gasteiger partial charge in [-0.3, -0.25) is 0 Å². The number of carboxylic acid groups (broad SMARTS) is 1. The predicted octanol–water partition coefficient (Wildman–Crippen LogP) is 5.43. The van der Waals surface area contributed by atoms with E-state index in [9.17, 15) is 4.79 Å². The van der Waals surface area contributed by atoms with Crippen molar-refractivity contribution in [2.75, 3.05) is 5.32 Å². The highest BCUT2D eigenvalue weighted by atomic mass is 35.5. The normalized spacial score (nSPS) is 10.7. The first kappa shape index (κ1) is 18.4. The molecule has 26 heavy (non-hydrogen) atoms. The maximum Gasteiger partial charge on any atom is 0.337 e. The van der Waals surface area contributed by atoms with Gasteiger partial charge in [-0.2, -0.15) is 0 Å². The highest BCUT2D eigenvalue weighted by Gasteiger charge is 2.15. The van der Waals surface area contributed by atoms with Gasteiger partial charge in [0.1, 0.15) is 5.82 Å². The molecule has 0 atom stereocenters. The zero-order valence-electron chi connectivity index (χ0n) is 14.4. The van der Waals surface area contributed by atoms with Gasteiger partial charge in [-0.15, -0.1) is 11.3 Å². The molecule has 0 unspecified atom stereocenters. The summed E-state index contributed by atoms with van der Waals surface area (Å²) in [4.78, 5) is 21.6. The number of carbonyl (C=O) groups is 1. The molecule has 0 saturated heterocycles. The SMILES string of the molecule is CCc1nc(-c2cccs2)nc(Nc2ccc(C(=O)O)c(Cl)c2)c1CC. The molecular formula is C19H18ClN3O2S. The number of rotatable bonds is 6. The predicted molar refractivity (Wildman–Crippen MR) is 106 cm³/mol. The number of anilines is 2. The fraction of sp³-hybridized carbons (Fsp3) is 0.211. The smallest absolute Gasteiger partial charge is 0.337 e. The number of halogens is 1. The lowest BCUT2D eigenvalue weighted by Gasteiger charge is -2.15. The Morgan fingerprint density at radius 3 is 2.62 bits per heavy atom. The first-order valence-corrected chi connectivity index (χ1v) is 9.52. The van der Waals surface area contributed by atoms with E-state index in [1.54, 1.807) is 23.5 Å². The summed E-state index contributed by atoms with van der Waals surface area (Å²) in [5.74, 6) is 0.359. The fourth-order valence-corrected chi connectivity index (χ4v) is 3.64. The number of hydrogen-bond donors (Lipinski definition) is 2. The summed E-state index contributed by atoms with van der Waals surface area (Å²) >= 11 is 7.68. The van der Waals surface area contributed by atoms with Crippen molar-refractivity contribution in [3.63, 3.8) is 0 Å². The molecule has 0 aliphatic heterocycles. The molecule has 0 saturated carbocycles. The molecule has 3 rings (SSSR count). The molecule has 5 nitrogen and oxygen atoms in total. The van der Waals surface area contributed by atoms with E-state index in [0.717, 1.165) is 34.8 Å². The average Bonchev–Trinajstić information content (AvgIpc) is 3.15. The summed E-state index contributed by atoms with van der Waals surface area (Å²) in [6.07, 6.45) is 1.59. The van der Waals surface area contributed by atoms with Crippen LogP contribution in [-0.4, -0.2) is 21.0 Å². The Morgan fingerprint density at radius 1 is 1.23 bits per heavy atom. The summed E-state index contributed by atoms with van der Waals surface area (Å²) in [6, 6.07) is 8.74. The summed E-state index contributed by atoms with van der Waals surface area (Å²) in [7, 11) is 0. The lowest BCUT2D eigenvalue weighted by Crippen LogP contribution is -2.07. The first-order valence-electron chi connectivity index (χ1n) is 8.27. The minimum Gasteiger partial charge on any atom is -0.478 e. The van der Waals surface area contributed by atoms with Crippen molar-refractivity contribution in [1.29, 1.82) is 0 Å². The van der Waals surface area contributed by atoms with Crippen LogP contribution >= 0.6 is 22.9 Å². The van der Waals surface area contributed by atoms with Gasteiger partial charge >= 0.3 is 5.97 Å². The average molecular weight is 388 g/mol. The largest absolute Gasteiger partial charge is 0.478 e. The van der Waals surface area contributed by atoms with E-state index in [1.165, 1.54) is 6.07 Å². The van der Waals surface area contributed by atoms with Crippen LogP contribution in [0.3, 0.4) is 0 Å². The van der Waals surface area contributed by atoms with E-state index < -0.39 is 5.97 Å². The first-order chi connectivity index (χ1) is 12.5. The molecule has 0 spiro atoms. The van der Waals surface area contributed by atoms with Crippen LogP contribution in [0.1, 0.15) is 35.5 Å². The quantitative estimate of drug-likeness (QED) is 0.590. The van der Waals surface area contributed by atoms with Crippen molar-refractivity contribution in [3.8, 4) is 10.7 Å². The Morgan fingerprint density at radius 2 is 2.04 bits per heavy atom. The van der Waals surface area contributed by atoms with Gasteiger partial charge in [0.25, 0.3) is 0 Å². The van der Waals surface area contributed by atoms with Crippen LogP contribution in [-0.2, 0) is 12.8 Å². The number of hydrogen-bond acceptors (Lipinski definition) is 5. The van der Waals surface area contributed by atoms with Crippen LogP contribution in [0.25, 0.3) is 10.7 Å². The maximum absolute atomic E-state index is 11.1. The Balaban J connectivity index is 2.04. The van der Waals surface area contributed by atoms with Crippen LogP contribution in [0.15, 0.2) is 35.7 Å². The van der Waals surface area contributed by atoms with Gasteiger partial charge in [-0.05, 0) is 42.5 Å². The zero-order valence-corrected chi connectivity index (χ0v) is 16.0. The van der Waals surface area contributed by atoms with E-state index in [2.05, 4.69) is 19.2 Å². The van der Waals surface area contributed by atoms with Gasteiger partial charge in [0.15, 0.2) is 5.82 Å². The Kier molecular flexibility index (Phi) is 5.54. The Bertz CT molecular complexity index is 942. The van der Waals surface area contributed by atoms with Crippen molar-refractivity contribution >= 4 is 40.4 Å². The van der Waals surface area contributed by atoms with Crippen LogP contribution in [0, 0.1) is 0 Å². The van der Waals surface area contributed by atoms with Crippen molar-refractivity contribution in [3.05, 3.63) is 57.6 Å². The van der Waals surface area contributed by atoms with Gasteiger partial charge in [0.05, 0.1) is 15.5 Å². The van der Waals surface area contributed by atoms with Gasteiger partial charge in [0.2, 0.25) is 0 Å². The lowest BCUT2D eigenvalue weighted by molar-refractivity contribution is 0.0697. The molecule has 1 aromatic carbocycles. The molecule has 0 fully saturated rings. The van der Waals surface area contributed by atoms with Crippen molar-refractivity contribution in [2.45, 2.75) is 26.7 Å². The second kappa shape index (κ2) is 7.85. The molecule has 0 bridgehead atoms. The van der Waals surface area contributed by atoms with Crippen molar-refractivity contribution in [1.82, 2.24) is 9.97 Å². The number of nitrogens with one attached hydrogen (secondary N) is 1. The van der Waals surface area contributed by atoms with Crippen LogP contribution < -0.4 is 5.32 Å². The monoisotopic (exact) mass is 387 g/mol. The van der Waals surface area contributed by atoms with E-state index in [4.69, 9.17) is 26.7 Å². The second-order valence-corrected chi connectivity index (χ2v) is 6.99. The number of aromatic nitrogens is 2. The molecule has 2 aromatic heterocycles. The lowest BCUT2D eigenvalue weighted by atomic mass is 10.1. The molecule has 2 heterocycles. The van der Waals surface area contributed by atoms with Crippen LogP contribution in [0.4, 0.5) is 11.5 Å². The number of carboxylic acids is 1. The molecule has 134 valence electrons. The van der Waals surface area contributed by atoms with E-state index in [-0.39, 0.29) is 10.6 Å². The van der Waals surface area contributed by atoms with Gasteiger partial charge in [0, 0.05) is 16.9 Å². The second-order valence-electron chi connectivity index (χ2n) is 5.63. The van der Waals surface area contributed by atoms with Crippen LogP contribution in [0.5, 0.6) is 0 Å². The van der Waals surface area contributed by atoms with Crippen molar-refractivity contribution in [2.24, 2.45) is 0 Å². The number of aromatic carboxylic acids is 1. The summed E-state index contributed by atoms with van der Waals surface area (Å²) in [5, 5.41) is 14.6.